The molecule has 1 aliphatic rings. The lowest BCUT2D eigenvalue weighted by molar-refractivity contribution is -0.120. The molecular weight excluding hydrogens is 383 g/mol. The summed E-state index contributed by atoms with van der Waals surface area (Å²) in [5.41, 5.74) is 2.25. The molecule has 1 N–H and O–H groups in total. The van der Waals surface area contributed by atoms with Crippen LogP contribution in [0.25, 0.3) is 11.3 Å². The summed E-state index contributed by atoms with van der Waals surface area (Å²) in [7, 11) is 1.61. The zero-order chi connectivity index (χ0) is 20.9. The summed E-state index contributed by atoms with van der Waals surface area (Å²) >= 11 is 0. The van der Waals surface area contributed by atoms with Crippen molar-refractivity contribution in [2.45, 2.75) is 12.8 Å². The van der Waals surface area contributed by atoms with E-state index in [0.717, 1.165) is 42.2 Å². The minimum atomic E-state index is -0.282. The normalized spacial score (nSPS) is 16.2. The van der Waals surface area contributed by atoms with Gasteiger partial charge in [0.1, 0.15) is 11.6 Å². The molecule has 6 nitrogen and oxygen atoms in total. The molecule has 0 saturated carbocycles. The van der Waals surface area contributed by atoms with E-state index < -0.39 is 0 Å². The predicted octanol–water partition coefficient (Wildman–Crippen LogP) is 4.15. The van der Waals surface area contributed by atoms with E-state index in [0.29, 0.717) is 12.2 Å². The number of carbonyl (C=O) groups is 1. The van der Waals surface area contributed by atoms with E-state index in [-0.39, 0.29) is 17.6 Å². The third-order valence-corrected chi connectivity index (χ3v) is 5.26. The maximum Gasteiger partial charge on any atom is 0.229 e. The number of halogens is 1. The van der Waals surface area contributed by atoms with Gasteiger partial charge >= 0.3 is 0 Å². The molecule has 30 heavy (non-hydrogen) atoms. The molecule has 1 aliphatic heterocycles. The molecule has 1 aromatic heterocycles. The minimum absolute atomic E-state index is 0.000702. The average molecular weight is 406 g/mol. The summed E-state index contributed by atoms with van der Waals surface area (Å²) in [6.45, 7) is 1.42. The fourth-order valence-electron chi connectivity index (χ4n) is 3.59. The second-order valence-corrected chi connectivity index (χ2v) is 7.29. The summed E-state index contributed by atoms with van der Waals surface area (Å²) in [6.07, 6.45) is 1.74. The van der Waals surface area contributed by atoms with Crippen LogP contribution in [0.4, 0.5) is 15.9 Å². The zero-order valence-corrected chi connectivity index (χ0v) is 16.7. The van der Waals surface area contributed by atoms with E-state index in [9.17, 15) is 9.18 Å². The Bertz CT molecular complexity index is 991. The highest BCUT2D eigenvalue weighted by atomic mass is 19.1. The van der Waals surface area contributed by atoms with Crippen LogP contribution in [-0.4, -0.2) is 36.3 Å². The molecule has 3 aromatic rings. The monoisotopic (exact) mass is 406 g/mol. The number of piperidine rings is 1. The lowest BCUT2D eigenvalue weighted by Crippen LogP contribution is -2.41. The first-order chi connectivity index (χ1) is 14.6. The molecule has 0 aliphatic carbocycles. The summed E-state index contributed by atoms with van der Waals surface area (Å²) < 4.78 is 18.2. The quantitative estimate of drug-likeness (QED) is 0.690. The Labute approximate surface area is 174 Å². The third-order valence-electron chi connectivity index (χ3n) is 5.26. The number of hydrogen-bond donors (Lipinski definition) is 1. The summed E-state index contributed by atoms with van der Waals surface area (Å²) in [5.74, 6) is 1.08. The van der Waals surface area contributed by atoms with Crippen LogP contribution in [0.15, 0.2) is 60.7 Å². The second kappa shape index (κ2) is 8.90. The predicted molar refractivity (Wildman–Crippen MR) is 114 cm³/mol. The van der Waals surface area contributed by atoms with Crippen LogP contribution >= 0.6 is 0 Å². The van der Waals surface area contributed by atoms with E-state index in [2.05, 4.69) is 20.4 Å². The number of methoxy groups -OCH3 is 1. The fourth-order valence-corrected chi connectivity index (χ4v) is 3.59. The number of rotatable bonds is 5. The highest BCUT2D eigenvalue weighted by molar-refractivity contribution is 5.93. The molecular formula is C23H23FN4O2. The van der Waals surface area contributed by atoms with Crippen molar-refractivity contribution in [3.63, 3.8) is 0 Å². The molecule has 0 spiro atoms. The zero-order valence-electron chi connectivity index (χ0n) is 16.7. The Morgan fingerprint density at radius 1 is 1.07 bits per heavy atom. The van der Waals surface area contributed by atoms with Crippen molar-refractivity contribution in [2.75, 3.05) is 30.4 Å². The minimum Gasteiger partial charge on any atom is -0.497 e. The van der Waals surface area contributed by atoms with Crippen LogP contribution in [0.2, 0.25) is 0 Å². The number of benzene rings is 2. The van der Waals surface area contributed by atoms with E-state index in [1.54, 1.807) is 19.2 Å². The summed E-state index contributed by atoms with van der Waals surface area (Å²) in [4.78, 5) is 14.8. The molecule has 0 bridgehead atoms. The molecule has 7 heteroatoms. The Hall–Kier alpha value is -3.48. The van der Waals surface area contributed by atoms with Crippen LogP contribution in [0.1, 0.15) is 12.8 Å². The van der Waals surface area contributed by atoms with Gasteiger partial charge in [-0.15, -0.1) is 10.2 Å². The van der Waals surface area contributed by atoms with Gasteiger partial charge in [0, 0.05) is 24.3 Å². The van der Waals surface area contributed by atoms with Gasteiger partial charge in [0.25, 0.3) is 0 Å². The first-order valence-corrected chi connectivity index (χ1v) is 9.92. The molecule has 2 heterocycles. The molecule has 154 valence electrons. The lowest BCUT2D eigenvalue weighted by atomic mass is 9.97. The molecule has 0 radical (unpaired) electrons. The van der Waals surface area contributed by atoms with Gasteiger partial charge in [0.05, 0.1) is 18.7 Å². The van der Waals surface area contributed by atoms with Crippen molar-refractivity contribution >= 4 is 17.4 Å². The molecule has 4 rings (SSSR count). The van der Waals surface area contributed by atoms with Gasteiger partial charge in [0.15, 0.2) is 5.82 Å². The maximum absolute atomic E-state index is 13.1. The fraction of sp³-hybridized carbons (Fsp3) is 0.261. The number of ether oxygens (including phenoxy) is 1. The molecule has 1 amide bonds. The third kappa shape index (κ3) is 4.56. The highest BCUT2D eigenvalue weighted by Crippen LogP contribution is 2.25. The van der Waals surface area contributed by atoms with Gasteiger partial charge in [-0.3, -0.25) is 4.79 Å². The Morgan fingerprint density at radius 3 is 2.50 bits per heavy atom. The van der Waals surface area contributed by atoms with Crippen molar-refractivity contribution in [1.82, 2.24) is 10.2 Å². The molecule has 1 unspecified atom stereocenters. The topological polar surface area (TPSA) is 67.3 Å². The van der Waals surface area contributed by atoms with Crippen molar-refractivity contribution in [3.05, 3.63) is 66.5 Å². The van der Waals surface area contributed by atoms with Crippen molar-refractivity contribution in [3.8, 4) is 17.0 Å². The van der Waals surface area contributed by atoms with Gasteiger partial charge in [-0.1, -0.05) is 0 Å². The van der Waals surface area contributed by atoms with Crippen LogP contribution in [0, 0.1) is 11.7 Å². The van der Waals surface area contributed by atoms with E-state index >= 15 is 0 Å². The number of nitrogens with zero attached hydrogens (tertiary/aromatic N) is 3. The summed E-state index contributed by atoms with van der Waals surface area (Å²) in [6, 6.07) is 17.2. The van der Waals surface area contributed by atoms with Crippen molar-refractivity contribution in [2.24, 2.45) is 5.92 Å². The summed E-state index contributed by atoms with van der Waals surface area (Å²) in [5, 5.41) is 11.6. The number of nitrogens with one attached hydrogen (secondary N) is 1. The van der Waals surface area contributed by atoms with Crippen LogP contribution < -0.4 is 15.0 Å². The Balaban J connectivity index is 1.40. The average Bonchev–Trinajstić information content (AvgIpc) is 2.80. The van der Waals surface area contributed by atoms with Gasteiger partial charge < -0.3 is 15.0 Å². The van der Waals surface area contributed by atoms with Gasteiger partial charge in [-0.25, -0.2) is 4.39 Å². The number of amides is 1. The number of carbonyl (C=O) groups excluding carboxylic acids is 1. The number of anilines is 2. The standard InChI is InChI=1S/C23H23FN4O2/c1-30-20-10-8-19(9-11-20)25-23(29)17-3-2-14-28(15-17)22-13-12-21(26-27-22)16-4-6-18(24)7-5-16/h4-13,17H,2-3,14-15H2,1H3,(H,25,29). The highest BCUT2D eigenvalue weighted by Gasteiger charge is 2.27. The van der Waals surface area contributed by atoms with E-state index in [1.165, 1.54) is 12.1 Å². The second-order valence-electron chi connectivity index (χ2n) is 7.29. The van der Waals surface area contributed by atoms with Crippen LogP contribution in [0.3, 0.4) is 0 Å². The number of hydrogen-bond acceptors (Lipinski definition) is 5. The van der Waals surface area contributed by atoms with E-state index in [1.807, 2.05) is 36.4 Å². The lowest BCUT2D eigenvalue weighted by Gasteiger charge is -2.32. The van der Waals surface area contributed by atoms with E-state index in [4.69, 9.17) is 4.74 Å². The largest absolute Gasteiger partial charge is 0.497 e. The van der Waals surface area contributed by atoms with Crippen molar-refractivity contribution < 1.29 is 13.9 Å². The van der Waals surface area contributed by atoms with Crippen molar-refractivity contribution in [1.29, 1.82) is 0 Å². The molecule has 1 atom stereocenters. The van der Waals surface area contributed by atoms with Crippen LogP contribution in [-0.2, 0) is 4.79 Å². The Morgan fingerprint density at radius 2 is 1.83 bits per heavy atom. The first-order valence-electron chi connectivity index (χ1n) is 9.92. The first kappa shape index (κ1) is 19.8. The van der Waals surface area contributed by atoms with Crippen LogP contribution in [0.5, 0.6) is 5.75 Å². The molecule has 1 fully saturated rings. The smallest absolute Gasteiger partial charge is 0.229 e. The van der Waals surface area contributed by atoms with Gasteiger partial charge in [-0.05, 0) is 73.5 Å². The van der Waals surface area contributed by atoms with Gasteiger partial charge in [0.2, 0.25) is 5.91 Å². The maximum atomic E-state index is 13.1. The SMILES string of the molecule is COc1ccc(NC(=O)C2CCCN(c3ccc(-c4ccc(F)cc4)nn3)C2)cc1. The number of aromatic nitrogens is 2. The Kier molecular flexibility index (Phi) is 5.88. The molecule has 2 aromatic carbocycles. The van der Waals surface area contributed by atoms with Gasteiger partial charge in [-0.2, -0.15) is 0 Å². The molecule has 1 saturated heterocycles.